The summed E-state index contributed by atoms with van der Waals surface area (Å²) in [6, 6.07) is 5.77. The van der Waals surface area contributed by atoms with Crippen molar-refractivity contribution in [3.05, 3.63) is 30.3 Å². The van der Waals surface area contributed by atoms with Crippen molar-refractivity contribution in [2.75, 3.05) is 17.2 Å². The smallest absolute Gasteiger partial charge is 0.198 e. The van der Waals surface area contributed by atoms with Gasteiger partial charge in [0, 0.05) is 24.7 Å². The number of nitrogens with zero attached hydrogens (tertiary/aromatic N) is 2. The average Bonchev–Trinajstić information content (AvgIpc) is 2.75. The number of anilines is 3. The van der Waals surface area contributed by atoms with E-state index >= 15 is 0 Å². The number of aryl methyl sites for hydroxylation is 1. The number of aromatic nitrogens is 2. The Bertz CT molecular complexity index is 523. The summed E-state index contributed by atoms with van der Waals surface area (Å²) in [5.41, 5.74) is 5.69. The summed E-state index contributed by atoms with van der Waals surface area (Å²) in [5.74, 6) is 2.97. The van der Waals surface area contributed by atoms with Gasteiger partial charge in [-0.3, -0.25) is 0 Å². The third-order valence-corrected chi connectivity index (χ3v) is 2.56. The predicted molar refractivity (Wildman–Crippen MR) is 75.5 cm³/mol. The molecule has 0 aliphatic carbocycles. The van der Waals surface area contributed by atoms with Gasteiger partial charge >= 0.3 is 0 Å². The second kappa shape index (κ2) is 6.19. The Morgan fingerprint density at radius 2 is 2.11 bits per heavy atom. The van der Waals surface area contributed by atoms with Gasteiger partial charge in [-0.05, 0) is 26.3 Å². The van der Waals surface area contributed by atoms with Gasteiger partial charge in [0.1, 0.15) is 23.7 Å². The van der Waals surface area contributed by atoms with Crippen LogP contribution >= 0.6 is 0 Å². The molecule has 2 heterocycles. The van der Waals surface area contributed by atoms with Gasteiger partial charge in [0.15, 0.2) is 5.88 Å². The molecule has 0 aromatic carbocycles. The quantitative estimate of drug-likeness (QED) is 0.739. The molecule has 4 N–H and O–H groups in total. The Labute approximate surface area is 112 Å². The molecule has 0 radical (unpaired) electrons. The van der Waals surface area contributed by atoms with Gasteiger partial charge in [-0.2, -0.15) is 0 Å². The molecule has 0 aliphatic heterocycles. The zero-order chi connectivity index (χ0) is 13.7. The normalized spacial score (nSPS) is 12.2. The number of rotatable bonds is 6. The fourth-order valence-corrected chi connectivity index (χ4v) is 1.58. The van der Waals surface area contributed by atoms with Crippen molar-refractivity contribution in [2.45, 2.75) is 26.3 Å². The zero-order valence-corrected chi connectivity index (χ0v) is 11.2. The summed E-state index contributed by atoms with van der Waals surface area (Å²) in [4.78, 5) is 8.29. The molecule has 0 spiro atoms. The van der Waals surface area contributed by atoms with Crippen molar-refractivity contribution in [1.82, 2.24) is 9.97 Å². The second-order valence-electron chi connectivity index (χ2n) is 4.52. The molecule has 19 heavy (non-hydrogen) atoms. The summed E-state index contributed by atoms with van der Waals surface area (Å²) in [5, 5.41) is 6.29. The van der Waals surface area contributed by atoms with Crippen LogP contribution in [0.3, 0.4) is 0 Å². The van der Waals surface area contributed by atoms with E-state index in [-0.39, 0.29) is 6.04 Å². The van der Waals surface area contributed by atoms with Crippen LogP contribution in [0.5, 0.6) is 0 Å². The first-order valence-corrected chi connectivity index (χ1v) is 6.28. The van der Waals surface area contributed by atoms with Gasteiger partial charge in [-0.1, -0.05) is 0 Å². The van der Waals surface area contributed by atoms with Crippen molar-refractivity contribution >= 4 is 17.5 Å². The number of hydrogen-bond donors (Lipinski definition) is 3. The molecule has 0 aliphatic rings. The van der Waals surface area contributed by atoms with Gasteiger partial charge < -0.3 is 20.8 Å². The molecule has 102 valence electrons. The first-order chi connectivity index (χ1) is 9.13. The van der Waals surface area contributed by atoms with E-state index in [1.807, 2.05) is 32.0 Å². The van der Waals surface area contributed by atoms with E-state index in [0.717, 1.165) is 24.5 Å². The van der Waals surface area contributed by atoms with Crippen molar-refractivity contribution in [2.24, 2.45) is 5.73 Å². The Balaban J connectivity index is 1.95. The molecule has 2 aromatic heterocycles. The van der Waals surface area contributed by atoms with Crippen LogP contribution in [-0.2, 0) is 0 Å². The summed E-state index contributed by atoms with van der Waals surface area (Å²) >= 11 is 0. The zero-order valence-electron chi connectivity index (χ0n) is 11.2. The lowest BCUT2D eigenvalue weighted by molar-refractivity contribution is 0.551. The van der Waals surface area contributed by atoms with E-state index in [1.54, 1.807) is 0 Å². The first-order valence-electron chi connectivity index (χ1n) is 6.28. The fourth-order valence-electron chi connectivity index (χ4n) is 1.58. The molecule has 2 aromatic rings. The van der Waals surface area contributed by atoms with Crippen LogP contribution in [0.15, 0.2) is 28.9 Å². The number of nitrogens with two attached hydrogens (primary N) is 1. The Hall–Kier alpha value is -2.08. The maximum Gasteiger partial charge on any atom is 0.198 e. The molecule has 1 atom stereocenters. The molecule has 0 bridgehead atoms. The van der Waals surface area contributed by atoms with Crippen molar-refractivity contribution in [1.29, 1.82) is 0 Å². The van der Waals surface area contributed by atoms with E-state index in [2.05, 4.69) is 20.6 Å². The predicted octanol–water partition coefficient (Wildman–Crippen LogP) is 2.27. The third kappa shape index (κ3) is 4.26. The molecule has 6 nitrogen and oxygen atoms in total. The van der Waals surface area contributed by atoms with Gasteiger partial charge in [0.2, 0.25) is 0 Å². The van der Waals surface area contributed by atoms with Gasteiger partial charge in [-0.15, -0.1) is 0 Å². The number of furan rings is 1. The SMILES string of the molecule is Cc1ccc(Nc2cc(NCCC(C)N)ncn2)o1. The Morgan fingerprint density at radius 3 is 2.79 bits per heavy atom. The average molecular weight is 261 g/mol. The monoisotopic (exact) mass is 261 g/mol. The molecule has 0 fully saturated rings. The van der Waals surface area contributed by atoms with Crippen LogP contribution < -0.4 is 16.4 Å². The summed E-state index contributed by atoms with van der Waals surface area (Å²) in [6.07, 6.45) is 2.40. The lowest BCUT2D eigenvalue weighted by atomic mass is 10.2. The molecule has 2 rings (SSSR count). The van der Waals surface area contributed by atoms with Crippen molar-refractivity contribution in [3.8, 4) is 0 Å². The molecule has 6 heteroatoms. The maximum absolute atomic E-state index is 5.69. The van der Waals surface area contributed by atoms with E-state index < -0.39 is 0 Å². The molecular formula is C13H19N5O. The topological polar surface area (TPSA) is 89.0 Å². The van der Waals surface area contributed by atoms with Gasteiger partial charge in [-0.25, -0.2) is 9.97 Å². The minimum atomic E-state index is 0.179. The standard InChI is InChI=1S/C13H19N5O/c1-9(14)5-6-15-11-7-12(17-8-16-11)18-13-4-3-10(2)19-13/h3-4,7-9H,5-6,14H2,1-2H3,(H2,15,16,17,18). The van der Waals surface area contributed by atoms with E-state index in [0.29, 0.717) is 11.7 Å². The van der Waals surface area contributed by atoms with Crippen LogP contribution in [0.25, 0.3) is 0 Å². The van der Waals surface area contributed by atoms with Gasteiger partial charge in [0.05, 0.1) is 0 Å². The molecule has 0 saturated heterocycles. The molecule has 0 saturated carbocycles. The van der Waals surface area contributed by atoms with E-state index in [4.69, 9.17) is 10.2 Å². The largest absolute Gasteiger partial charge is 0.446 e. The van der Waals surface area contributed by atoms with Crippen LogP contribution in [-0.4, -0.2) is 22.6 Å². The highest BCUT2D eigenvalue weighted by Gasteiger charge is 2.02. The van der Waals surface area contributed by atoms with Crippen LogP contribution in [0.2, 0.25) is 0 Å². The van der Waals surface area contributed by atoms with E-state index in [9.17, 15) is 0 Å². The third-order valence-electron chi connectivity index (χ3n) is 2.56. The second-order valence-corrected chi connectivity index (χ2v) is 4.52. The minimum Gasteiger partial charge on any atom is -0.446 e. The fraction of sp³-hybridized carbons (Fsp3) is 0.385. The van der Waals surface area contributed by atoms with Crippen LogP contribution in [0.4, 0.5) is 17.5 Å². The molecule has 0 amide bonds. The lowest BCUT2D eigenvalue weighted by Gasteiger charge is -2.08. The molecule has 1 unspecified atom stereocenters. The lowest BCUT2D eigenvalue weighted by Crippen LogP contribution is -2.19. The van der Waals surface area contributed by atoms with E-state index in [1.165, 1.54) is 6.33 Å². The van der Waals surface area contributed by atoms with Crippen molar-refractivity contribution < 1.29 is 4.42 Å². The van der Waals surface area contributed by atoms with Crippen LogP contribution in [0, 0.1) is 6.92 Å². The highest BCUT2D eigenvalue weighted by atomic mass is 16.4. The van der Waals surface area contributed by atoms with Crippen molar-refractivity contribution in [3.63, 3.8) is 0 Å². The van der Waals surface area contributed by atoms with Gasteiger partial charge in [0.25, 0.3) is 0 Å². The first kappa shape index (κ1) is 13.4. The summed E-state index contributed by atoms with van der Waals surface area (Å²) < 4.78 is 5.43. The minimum absolute atomic E-state index is 0.179. The number of hydrogen-bond acceptors (Lipinski definition) is 6. The number of nitrogens with one attached hydrogen (secondary N) is 2. The van der Waals surface area contributed by atoms with Crippen LogP contribution in [0.1, 0.15) is 19.1 Å². The Morgan fingerprint density at radius 1 is 1.32 bits per heavy atom. The molecular weight excluding hydrogens is 242 g/mol. The highest BCUT2D eigenvalue weighted by Crippen LogP contribution is 2.18. The Kier molecular flexibility index (Phi) is 4.35. The maximum atomic E-state index is 5.69. The highest BCUT2D eigenvalue weighted by molar-refractivity contribution is 5.54. The summed E-state index contributed by atoms with van der Waals surface area (Å²) in [7, 11) is 0. The summed E-state index contributed by atoms with van der Waals surface area (Å²) in [6.45, 7) is 4.66.